The molecule has 0 saturated carbocycles. The number of methoxy groups -OCH3 is 2. The molecule has 2 rings (SSSR count). The highest BCUT2D eigenvalue weighted by Crippen LogP contribution is 2.30. The number of nitrogens with zero attached hydrogens (tertiary/aromatic N) is 3. The van der Waals surface area contributed by atoms with Gasteiger partial charge in [-0.05, 0) is 70.4 Å². The first-order valence-corrected chi connectivity index (χ1v) is 22.7. The van der Waals surface area contributed by atoms with Gasteiger partial charge in [0.2, 0.25) is 23.6 Å². The summed E-state index contributed by atoms with van der Waals surface area (Å²) in [6, 6.07) is 5.54. The summed E-state index contributed by atoms with van der Waals surface area (Å²) < 4.78 is 17.3. The van der Waals surface area contributed by atoms with Gasteiger partial charge < -0.3 is 45.1 Å². The van der Waals surface area contributed by atoms with Gasteiger partial charge in [-0.25, -0.2) is 9.59 Å². The summed E-state index contributed by atoms with van der Waals surface area (Å²) >= 11 is 0. The fourth-order valence-corrected chi connectivity index (χ4v) is 8.61. The fourth-order valence-electron chi connectivity index (χ4n) is 8.61. The first-order valence-electron chi connectivity index (χ1n) is 22.7. The van der Waals surface area contributed by atoms with Crippen molar-refractivity contribution in [2.24, 2.45) is 23.7 Å². The summed E-state index contributed by atoms with van der Waals surface area (Å²) in [4.78, 5) is 86.0. The van der Waals surface area contributed by atoms with Gasteiger partial charge in [0.1, 0.15) is 17.7 Å². The predicted octanol–water partition coefficient (Wildman–Crippen LogP) is 4.73. The quantitative estimate of drug-likeness (QED) is 0.0992. The molecule has 0 bridgehead atoms. The van der Waals surface area contributed by atoms with Gasteiger partial charge >= 0.3 is 12.1 Å². The van der Waals surface area contributed by atoms with E-state index in [0.29, 0.717) is 45.3 Å². The number of likely N-dealkylation sites (tertiary alicyclic amines) is 1. The molecule has 0 radical (unpaired) electrons. The topological polar surface area (TPSA) is 196 Å². The number of benzene rings is 1. The first-order chi connectivity index (χ1) is 29.5. The Morgan fingerprint density at radius 3 is 2.06 bits per heavy atom. The van der Waals surface area contributed by atoms with Crippen LogP contribution in [-0.4, -0.2) is 151 Å². The second kappa shape index (κ2) is 25.9. The number of hydrogen-bond donors (Lipinski definition) is 4. The molecule has 16 heteroatoms. The normalized spacial score (nSPS) is 18.2. The maximum atomic E-state index is 14.5. The van der Waals surface area contributed by atoms with Crippen molar-refractivity contribution in [3.05, 3.63) is 35.9 Å². The van der Waals surface area contributed by atoms with Gasteiger partial charge in [0.05, 0.1) is 42.7 Å². The Morgan fingerprint density at radius 2 is 1.54 bits per heavy atom. The zero-order valence-corrected chi connectivity index (χ0v) is 40.6. The number of carbonyl (C=O) groups excluding carboxylic acids is 5. The fraction of sp³-hybridized carbons (Fsp3) is 0.745. The molecule has 0 aromatic heterocycles. The Hall–Kier alpha value is -4.28. The van der Waals surface area contributed by atoms with Crippen LogP contribution in [0.5, 0.6) is 0 Å². The monoisotopic (exact) mass is 889 g/mol. The largest absolute Gasteiger partial charge is 0.480 e. The van der Waals surface area contributed by atoms with Crippen molar-refractivity contribution < 1.29 is 48.1 Å². The summed E-state index contributed by atoms with van der Waals surface area (Å²) in [5.74, 6) is -3.64. The minimum Gasteiger partial charge on any atom is -0.480 e. The van der Waals surface area contributed by atoms with Gasteiger partial charge in [-0.3, -0.25) is 24.1 Å². The minimum absolute atomic E-state index is 0.0451. The molecule has 16 nitrogen and oxygen atoms in total. The van der Waals surface area contributed by atoms with Crippen molar-refractivity contribution in [3.8, 4) is 0 Å². The third-order valence-corrected chi connectivity index (χ3v) is 12.1. The van der Waals surface area contributed by atoms with Crippen LogP contribution in [0, 0.1) is 23.7 Å². The summed E-state index contributed by atoms with van der Waals surface area (Å²) in [5, 5.41) is 18.4. The molecule has 9 atom stereocenters. The zero-order chi connectivity index (χ0) is 47.8. The summed E-state index contributed by atoms with van der Waals surface area (Å²) in [5.41, 5.74) is 0.168. The molecular weight excluding hydrogens is 809 g/mol. The second-order valence-corrected chi connectivity index (χ2v) is 18.9. The minimum atomic E-state index is -1.15. The molecule has 358 valence electrons. The van der Waals surface area contributed by atoms with Crippen LogP contribution in [0.1, 0.15) is 107 Å². The molecule has 1 aliphatic rings. The van der Waals surface area contributed by atoms with E-state index in [0.717, 1.165) is 5.56 Å². The Labute approximate surface area is 376 Å². The summed E-state index contributed by atoms with van der Waals surface area (Å²) in [6.45, 7) is 20.1. The average Bonchev–Trinajstić information content (AvgIpc) is 3.70. The molecule has 63 heavy (non-hydrogen) atoms. The Kier molecular flexibility index (Phi) is 22.5. The summed E-state index contributed by atoms with van der Waals surface area (Å²) in [7, 11) is 6.57. The second-order valence-electron chi connectivity index (χ2n) is 18.9. The van der Waals surface area contributed by atoms with E-state index in [-0.39, 0.29) is 48.3 Å². The number of amides is 5. The van der Waals surface area contributed by atoms with E-state index in [4.69, 9.17) is 14.2 Å². The third kappa shape index (κ3) is 16.7. The van der Waals surface area contributed by atoms with Crippen LogP contribution in [0.25, 0.3) is 0 Å². The lowest BCUT2D eigenvalue weighted by molar-refractivity contribution is -0.148. The predicted molar refractivity (Wildman–Crippen MR) is 243 cm³/mol. The number of ether oxygens (including phenoxy) is 3. The maximum Gasteiger partial charge on any atom is 0.407 e. The number of rotatable bonds is 25. The molecule has 4 N–H and O–H groups in total. The van der Waals surface area contributed by atoms with Crippen LogP contribution in [0.4, 0.5) is 4.79 Å². The molecule has 0 aliphatic carbocycles. The van der Waals surface area contributed by atoms with Gasteiger partial charge in [0.25, 0.3) is 0 Å². The lowest BCUT2D eigenvalue weighted by Crippen LogP contribution is -2.60. The van der Waals surface area contributed by atoms with Gasteiger partial charge in [-0.15, -0.1) is 0 Å². The van der Waals surface area contributed by atoms with E-state index < -0.39 is 71.9 Å². The number of hydrogen-bond acceptors (Lipinski definition) is 10. The lowest BCUT2D eigenvalue weighted by atomic mass is 9.89. The number of carboxylic acids is 1. The molecule has 1 aromatic rings. The number of likely N-dealkylation sites (N-methyl/N-ethyl adjacent to an activating group) is 2. The smallest absolute Gasteiger partial charge is 0.407 e. The number of alkyl carbamates (subject to hydrolysis) is 1. The third-order valence-electron chi connectivity index (χ3n) is 12.1. The van der Waals surface area contributed by atoms with Crippen molar-refractivity contribution in [3.63, 3.8) is 0 Å². The number of carboxylic acid groups (broad SMARTS) is 1. The average molecular weight is 889 g/mol. The van der Waals surface area contributed by atoms with Gasteiger partial charge in [0.15, 0.2) is 0 Å². The van der Waals surface area contributed by atoms with Crippen molar-refractivity contribution in [2.75, 3.05) is 47.9 Å². The van der Waals surface area contributed by atoms with E-state index in [2.05, 4.69) is 16.0 Å². The van der Waals surface area contributed by atoms with Crippen LogP contribution in [-0.2, 0) is 44.6 Å². The van der Waals surface area contributed by atoms with Crippen LogP contribution in [0.3, 0.4) is 0 Å². The molecule has 1 aliphatic heterocycles. The molecule has 1 heterocycles. The lowest BCUT2D eigenvalue weighted by Gasteiger charge is -2.41. The van der Waals surface area contributed by atoms with Gasteiger partial charge in [0, 0.05) is 47.3 Å². The van der Waals surface area contributed by atoms with Crippen LogP contribution in [0.2, 0.25) is 0 Å². The highest BCUT2D eigenvalue weighted by atomic mass is 16.6. The molecule has 1 aromatic carbocycles. The van der Waals surface area contributed by atoms with Gasteiger partial charge in [-0.2, -0.15) is 0 Å². The van der Waals surface area contributed by atoms with Crippen LogP contribution >= 0.6 is 0 Å². The van der Waals surface area contributed by atoms with E-state index in [1.165, 1.54) is 14.2 Å². The highest BCUT2D eigenvalue weighted by Gasteiger charge is 2.43. The number of aliphatic carboxylic acids is 1. The number of nitrogens with one attached hydrogen (secondary N) is 3. The molecule has 1 saturated heterocycles. The Bertz CT molecular complexity index is 1620. The zero-order valence-electron chi connectivity index (χ0n) is 40.6. The Balaban J connectivity index is 2.23. The first kappa shape index (κ1) is 54.9. The van der Waals surface area contributed by atoms with Crippen molar-refractivity contribution in [1.82, 2.24) is 30.7 Å². The van der Waals surface area contributed by atoms with E-state index in [1.54, 1.807) is 44.5 Å². The summed E-state index contributed by atoms with van der Waals surface area (Å²) in [6.07, 6.45) is 0.697. The van der Waals surface area contributed by atoms with Crippen molar-refractivity contribution in [1.29, 1.82) is 0 Å². The van der Waals surface area contributed by atoms with Crippen molar-refractivity contribution >= 4 is 35.7 Å². The van der Waals surface area contributed by atoms with Gasteiger partial charge in [-0.1, -0.05) is 85.2 Å². The van der Waals surface area contributed by atoms with E-state index >= 15 is 0 Å². The molecule has 1 fully saturated rings. The van der Waals surface area contributed by atoms with Crippen LogP contribution in [0.15, 0.2) is 30.3 Å². The number of carbonyl (C=O) groups is 6. The molecule has 5 amide bonds. The standard InChI is InChI=1S/C47H80N6O10/c1-15-31(6)40(52(12)44(57)38(29(2)3)50-43(56)39(30(4)5)51(11)25-20-24-48-46(60)63-47(8,9)10)36(61-13)28-37(54)53-26-19-23-35(53)41(62-14)32(7)42(55)49-34(45(58)59)27-33-21-17-16-18-22-33/h16-18,21-22,29-32,34-36,38-41H,15,19-20,23-28H2,1-14H3,(H,48,60)(H,49,55)(H,50,56)(H,58,59)/t31-,32+,34?,35-,36+,38-,39-,40-,41+/m0/s1. The highest BCUT2D eigenvalue weighted by molar-refractivity contribution is 5.90. The Morgan fingerprint density at radius 1 is 0.905 bits per heavy atom. The van der Waals surface area contributed by atoms with Crippen LogP contribution < -0.4 is 16.0 Å². The molecule has 0 spiro atoms. The van der Waals surface area contributed by atoms with E-state index in [9.17, 15) is 33.9 Å². The molecule has 1 unspecified atom stereocenters. The maximum absolute atomic E-state index is 14.5. The van der Waals surface area contributed by atoms with Crippen molar-refractivity contribution in [2.45, 2.75) is 156 Å². The van der Waals surface area contributed by atoms with E-state index in [1.807, 2.05) is 83.8 Å². The SMILES string of the molecule is CC[C@H](C)[C@@H]([C@@H](CC(=O)N1CCC[C@H]1[C@H](OC)[C@@H](C)C(=O)NC(Cc1ccccc1)C(=O)O)OC)N(C)C(=O)[C@@H](NC(=O)[C@H](C(C)C)N(C)CCCNC(=O)OC(C)(C)C)C(C)C. The molecular formula is C47H80N6O10.